The van der Waals surface area contributed by atoms with E-state index in [1.807, 2.05) is 18.2 Å². The van der Waals surface area contributed by atoms with Gasteiger partial charge in [-0.25, -0.2) is 0 Å². The van der Waals surface area contributed by atoms with Crippen molar-refractivity contribution in [1.29, 1.82) is 5.26 Å². The van der Waals surface area contributed by atoms with Crippen molar-refractivity contribution in [3.63, 3.8) is 0 Å². The van der Waals surface area contributed by atoms with E-state index < -0.39 is 11.8 Å². The van der Waals surface area contributed by atoms with E-state index in [9.17, 15) is 9.59 Å². The van der Waals surface area contributed by atoms with Gasteiger partial charge in [0.25, 0.3) is 0 Å². The van der Waals surface area contributed by atoms with Crippen LogP contribution in [-0.2, 0) is 16.0 Å². The summed E-state index contributed by atoms with van der Waals surface area (Å²) in [6.45, 7) is 1.19. The molecular weight excluding hydrogens is 274 g/mol. The fourth-order valence-corrected chi connectivity index (χ4v) is 1.84. The van der Waals surface area contributed by atoms with Crippen molar-refractivity contribution < 1.29 is 19.1 Å². The van der Waals surface area contributed by atoms with Gasteiger partial charge in [-0.15, -0.1) is 0 Å². The van der Waals surface area contributed by atoms with Crippen LogP contribution in [0, 0.1) is 11.3 Å². The fraction of sp³-hybridized carbons (Fsp3) is 0.357. The first-order valence-electron chi connectivity index (χ1n) is 6.52. The van der Waals surface area contributed by atoms with Crippen LogP contribution in [0.15, 0.2) is 18.2 Å². The second kappa shape index (κ2) is 7.14. The minimum atomic E-state index is -0.807. The number of fused-ring (bicyclic) bond motifs is 1. The van der Waals surface area contributed by atoms with E-state index in [0.717, 1.165) is 5.56 Å². The zero-order valence-electron chi connectivity index (χ0n) is 11.3. The third kappa shape index (κ3) is 4.11. The summed E-state index contributed by atoms with van der Waals surface area (Å²) in [5.74, 6) is -0.150. The van der Waals surface area contributed by atoms with E-state index in [-0.39, 0.29) is 6.54 Å². The van der Waals surface area contributed by atoms with Crippen LogP contribution >= 0.6 is 0 Å². The second-order valence-electron chi connectivity index (χ2n) is 4.32. The lowest BCUT2D eigenvalue weighted by Crippen LogP contribution is -2.40. The van der Waals surface area contributed by atoms with Crippen LogP contribution in [0.1, 0.15) is 5.56 Å². The molecule has 110 valence electrons. The monoisotopic (exact) mass is 289 g/mol. The molecule has 1 heterocycles. The van der Waals surface area contributed by atoms with Crippen LogP contribution in [0.3, 0.4) is 0 Å². The topological polar surface area (TPSA) is 100 Å². The average molecular weight is 289 g/mol. The number of rotatable bonds is 4. The van der Waals surface area contributed by atoms with Crippen LogP contribution in [-0.4, -0.2) is 38.1 Å². The summed E-state index contributed by atoms with van der Waals surface area (Å²) >= 11 is 0. The van der Waals surface area contributed by atoms with Gasteiger partial charge in [-0.2, -0.15) is 5.26 Å². The van der Waals surface area contributed by atoms with Gasteiger partial charge < -0.3 is 20.1 Å². The Hall–Kier alpha value is -2.75. The third-order valence-electron chi connectivity index (χ3n) is 2.84. The number of benzene rings is 1. The standard InChI is InChI=1S/C14H15N3O4/c15-4-6-17-14(19)13(18)16-5-3-10-1-2-11-12(9-10)21-8-7-20-11/h1-2,9H,3,5-8H2,(H,16,18)(H,17,19). The molecule has 0 aromatic heterocycles. The Kier molecular flexibility index (Phi) is 4.99. The molecule has 0 spiro atoms. The van der Waals surface area contributed by atoms with Gasteiger partial charge in [-0.3, -0.25) is 9.59 Å². The minimum absolute atomic E-state index is 0.186. The smallest absolute Gasteiger partial charge is 0.310 e. The molecule has 0 fully saturated rings. The SMILES string of the molecule is N#CCNC(=O)C(=O)NCCc1ccc2c(c1)OCCO2. The van der Waals surface area contributed by atoms with Gasteiger partial charge in [0, 0.05) is 6.54 Å². The Morgan fingerprint density at radius 2 is 1.86 bits per heavy atom. The Labute approximate surface area is 121 Å². The number of carbonyl (C=O) groups excluding carboxylic acids is 2. The molecule has 0 unspecified atom stereocenters. The molecule has 0 atom stereocenters. The molecule has 2 N–H and O–H groups in total. The first-order valence-corrected chi connectivity index (χ1v) is 6.52. The zero-order chi connectivity index (χ0) is 15.1. The summed E-state index contributed by atoms with van der Waals surface area (Å²) in [5, 5.41) is 13.0. The molecule has 7 heteroatoms. The van der Waals surface area contributed by atoms with Crippen molar-refractivity contribution in [3.05, 3.63) is 23.8 Å². The highest BCUT2D eigenvalue weighted by Gasteiger charge is 2.13. The van der Waals surface area contributed by atoms with Gasteiger partial charge in [0.2, 0.25) is 0 Å². The van der Waals surface area contributed by atoms with Crippen molar-refractivity contribution in [2.75, 3.05) is 26.3 Å². The van der Waals surface area contributed by atoms with Gasteiger partial charge in [-0.05, 0) is 24.1 Å². The molecule has 1 aromatic carbocycles. The molecule has 0 saturated carbocycles. The zero-order valence-corrected chi connectivity index (χ0v) is 11.3. The molecule has 0 aliphatic carbocycles. The lowest BCUT2D eigenvalue weighted by Gasteiger charge is -2.18. The van der Waals surface area contributed by atoms with Crippen molar-refractivity contribution in [2.45, 2.75) is 6.42 Å². The largest absolute Gasteiger partial charge is 0.486 e. The van der Waals surface area contributed by atoms with Crippen LogP contribution < -0.4 is 20.1 Å². The lowest BCUT2D eigenvalue weighted by atomic mass is 10.1. The minimum Gasteiger partial charge on any atom is -0.486 e. The van der Waals surface area contributed by atoms with Crippen molar-refractivity contribution in [2.24, 2.45) is 0 Å². The van der Waals surface area contributed by atoms with Crippen molar-refractivity contribution in [1.82, 2.24) is 10.6 Å². The number of hydrogen-bond acceptors (Lipinski definition) is 5. The predicted octanol–water partition coefficient (Wildman–Crippen LogP) is -0.244. The molecule has 1 aliphatic heterocycles. The molecule has 1 aromatic rings. The molecule has 21 heavy (non-hydrogen) atoms. The molecule has 0 bridgehead atoms. The molecule has 2 amide bonds. The third-order valence-corrected chi connectivity index (χ3v) is 2.84. The number of nitrogens with zero attached hydrogens (tertiary/aromatic N) is 1. The Balaban J connectivity index is 1.80. The number of nitrogens with one attached hydrogen (secondary N) is 2. The van der Waals surface area contributed by atoms with E-state index in [1.54, 1.807) is 6.07 Å². The number of amides is 2. The van der Waals surface area contributed by atoms with Gasteiger partial charge in [0.15, 0.2) is 11.5 Å². The molecule has 2 rings (SSSR count). The number of nitriles is 1. The van der Waals surface area contributed by atoms with Crippen LogP contribution in [0.5, 0.6) is 11.5 Å². The molecular formula is C14H15N3O4. The van der Waals surface area contributed by atoms with E-state index in [0.29, 0.717) is 37.7 Å². The highest BCUT2D eigenvalue weighted by Crippen LogP contribution is 2.30. The highest BCUT2D eigenvalue weighted by molar-refractivity contribution is 6.35. The Morgan fingerprint density at radius 1 is 1.14 bits per heavy atom. The number of hydrogen-bond donors (Lipinski definition) is 2. The molecule has 0 radical (unpaired) electrons. The summed E-state index contributed by atoms with van der Waals surface area (Å²) in [6, 6.07) is 7.29. The lowest BCUT2D eigenvalue weighted by molar-refractivity contribution is -0.139. The second-order valence-corrected chi connectivity index (χ2v) is 4.32. The average Bonchev–Trinajstić information content (AvgIpc) is 2.52. The molecule has 0 saturated heterocycles. The van der Waals surface area contributed by atoms with E-state index in [4.69, 9.17) is 14.7 Å². The van der Waals surface area contributed by atoms with E-state index in [2.05, 4.69) is 10.6 Å². The Bertz CT molecular complexity index is 580. The summed E-state index contributed by atoms with van der Waals surface area (Å²) in [4.78, 5) is 22.6. The first-order chi connectivity index (χ1) is 10.2. The van der Waals surface area contributed by atoms with Crippen LogP contribution in [0.4, 0.5) is 0 Å². The summed E-state index contributed by atoms with van der Waals surface area (Å²) in [7, 11) is 0. The van der Waals surface area contributed by atoms with E-state index in [1.165, 1.54) is 0 Å². The Morgan fingerprint density at radius 3 is 2.62 bits per heavy atom. The predicted molar refractivity (Wildman–Crippen MR) is 72.8 cm³/mol. The highest BCUT2D eigenvalue weighted by atomic mass is 16.6. The van der Waals surface area contributed by atoms with Gasteiger partial charge >= 0.3 is 11.8 Å². The van der Waals surface area contributed by atoms with Crippen molar-refractivity contribution >= 4 is 11.8 Å². The summed E-state index contributed by atoms with van der Waals surface area (Å²) < 4.78 is 10.9. The maximum absolute atomic E-state index is 11.4. The van der Waals surface area contributed by atoms with Gasteiger partial charge in [0.05, 0.1) is 6.07 Å². The molecule has 1 aliphatic rings. The summed E-state index contributed by atoms with van der Waals surface area (Å²) in [5.41, 5.74) is 0.969. The first kappa shape index (κ1) is 14.7. The van der Waals surface area contributed by atoms with E-state index >= 15 is 0 Å². The quantitative estimate of drug-likeness (QED) is 0.588. The maximum atomic E-state index is 11.4. The normalized spacial score (nSPS) is 12.1. The van der Waals surface area contributed by atoms with Crippen LogP contribution in [0.2, 0.25) is 0 Å². The maximum Gasteiger partial charge on any atom is 0.310 e. The fourth-order valence-electron chi connectivity index (χ4n) is 1.84. The van der Waals surface area contributed by atoms with Gasteiger partial charge in [-0.1, -0.05) is 6.07 Å². The molecule has 7 nitrogen and oxygen atoms in total. The number of carbonyl (C=O) groups is 2. The van der Waals surface area contributed by atoms with Crippen molar-refractivity contribution in [3.8, 4) is 17.6 Å². The van der Waals surface area contributed by atoms with Gasteiger partial charge in [0.1, 0.15) is 19.8 Å². The van der Waals surface area contributed by atoms with Crippen LogP contribution in [0.25, 0.3) is 0 Å². The number of ether oxygens (including phenoxy) is 2. The summed E-state index contributed by atoms with van der Waals surface area (Å²) in [6.07, 6.45) is 0.563.